The number of benzene rings is 1. The van der Waals surface area contributed by atoms with Crippen molar-refractivity contribution in [2.75, 3.05) is 13.2 Å². The van der Waals surface area contributed by atoms with Crippen LogP contribution in [0.2, 0.25) is 0 Å². The zero-order valence-corrected chi connectivity index (χ0v) is 10.7. The fourth-order valence-corrected chi connectivity index (χ4v) is 1.30. The Morgan fingerprint density at radius 3 is 2.45 bits per heavy atom. The van der Waals surface area contributed by atoms with E-state index in [2.05, 4.69) is 10.5 Å². The van der Waals surface area contributed by atoms with Crippen molar-refractivity contribution in [1.29, 1.82) is 0 Å². The molecule has 108 valence electrons. The molecule has 6 N–H and O–H groups in total. The molecule has 0 spiro atoms. The molecule has 1 aromatic rings. The third-order valence-electron chi connectivity index (χ3n) is 2.32. The predicted octanol–water partition coefficient (Wildman–Crippen LogP) is -0.848. The number of hydrogen-bond acceptors (Lipinski definition) is 5. The van der Waals surface area contributed by atoms with Crippen LogP contribution in [0.1, 0.15) is 12.0 Å². The molecular formula is C12H16N4O4. The zero-order chi connectivity index (χ0) is 15.0. The van der Waals surface area contributed by atoms with Gasteiger partial charge < -0.3 is 26.7 Å². The van der Waals surface area contributed by atoms with Crippen molar-refractivity contribution in [3.05, 3.63) is 29.8 Å². The maximum absolute atomic E-state index is 11.4. The van der Waals surface area contributed by atoms with Crippen LogP contribution >= 0.6 is 0 Å². The molecule has 0 bridgehead atoms. The van der Waals surface area contributed by atoms with Gasteiger partial charge in [0.2, 0.25) is 5.91 Å². The molecule has 0 heterocycles. The highest BCUT2D eigenvalue weighted by Crippen LogP contribution is 2.11. The number of carbonyl (C=O) groups excluding carboxylic acids is 2. The van der Waals surface area contributed by atoms with Crippen LogP contribution in [0.25, 0.3) is 0 Å². The maximum atomic E-state index is 11.4. The maximum Gasteiger partial charge on any atom is 0.257 e. The van der Waals surface area contributed by atoms with E-state index in [-0.39, 0.29) is 31.3 Å². The first-order valence-corrected chi connectivity index (χ1v) is 5.78. The number of primary amides is 1. The topological polar surface area (TPSA) is 140 Å². The zero-order valence-electron chi connectivity index (χ0n) is 10.7. The van der Waals surface area contributed by atoms with Crippen LogP contribution < -0.4 is 21.5 Å². The number of nitrogens with zero attached hydrogens (tertiary/aromatic N) is 1. The highest BCUT2D eigenvalue weighted by Gasteiger charge is 2.04. The monoisotopic (exact) mass is 280 g/mol. The van der Waals surface area contributed by atoms with Crippen LogP contribution in [0.5, 0.6) is 5.75 Å². The van der Waals surface area contributed by atoms with E-state index in [1.54, 1.807) is 24.3 Å². The van der Waals surface area contributed by atoms with Gasteiger partial charge >= 0.3 is 0 Å². The summed E-state index contributed by atoms with van der Waals surface area (Å²) in [5, 5.41) is 13.8. The van der Waals surface area contributed by atoms with Gasteiger partial charge in [-0.2, -0.15) is 0 Å². The van der Waals surface area contributed by atoms with Crippen LogP contribution in [0, 0.1) is 0 Å². The van der Waals surface area contributed by atoms with Gasteiger partial charge in [0.05, 0.1) is 0 Å². The molecule has 0 atom stereocenters. The number of nitrogens with two attached hydrogens (primary N) is 2. The summed E-state index contributed by atoms with van der Waals surface area (Å²) in [4.78, 5) is 21.8. The SMILES string of the molecule is NC(=O)CCNC(=O)COc1ccc(/C(N)=N/O)cc1. The van der Waals surface area contributed by atoms with Crippen molar-refractivity contribution < 1.29 is 19.5 Å². The number of hydrogen-bond donors (Lipinski definition) is 4. The van der Waals surface area contributed by atoms with Crippen molar-refractivity contribution in [2.45, 2.75) is 6.42 Å². The van der Waals surface area contributed by atoms with E-state index in [0.717, 1.165) is 0 Å². The Hall–Kier alpha value is -2.77. The molecule has 8 heteroatoms. The average Bonchev–Trinajstić information content (AvgIpc) is 2.44. The number of oxime groups is 1. The fraction of sp³-hybridized carbons (Fsp3) is 0.250. The van der Waals surface area contributed by atoms with Gasteiger partial charge in [-0.05, 0) is 24.3 Å². The highest BCUT2D eigenvalue weighted by atomic mass is 16.5. The molecule has 20 heavy (non-hydrogen) atoms. The lowest BCUT2D eigenvalue weighted by Crippen LogP contribution is -2.31. The molecule has 1 aromatic carbocycles. The fourth-order valence-electron chi connectivity index (χ4n) is 1.30. The van der Waals surface area contributed by atoms with Crippen molar-refractivity contribution in [3.63, 3.8) is 0 Å². The smallest absolute Gasteiger partial charge is 0.257 e. The van der Waals surface area contributed by atoms with Gasteiger partial charge in [-0.15, -0.1) is 0 Å². The third kappa shape index (κ3) is 5.25. The Bertz CT molecular complexity index is 499. The first kappa shape index (κ1) is 15.3. The Kier molecular flexibility index (Phi) is 5.82. The average molecular weight is 280 g/mol. The molecule has 8 nitrogen and oxygen atoms in total. The van der Waals surface area contributed by atoms with Crippen molar-refractivity contribution >= 4 is 17.6 Å². The number of ether oxygens (including phenoxy) is 1. The highest BCUT2D eigenvalue weighted by molar-refractivity contribution is 5.97. The molecular weight excluding hydrogens is 264 g/mol. The molecule has 0 aliphatic rings. The lowest BCUT2D eigenvalue weighted by Gasteiger charge is -2.07. The molecule has 0 aromatic heterocycles. The first-order chi connectivity index (χ1) is 9.52. The van der Waals surface area contributed by atoms with Crippen molar-refractivity contribution in [3.8, 4) is 5.75 Å². The lowest BCUT2D eigenvalue weighted by atomic mass is 10.2. The summed E-state index contributed by atoms with van der Waals surface area (Å²) in [6.45, 7) is 0.00163. The Labute approximate surface area is 115 Å². The summed E-state index contributed by atoms with van der Waals surface area (Å²) in [6.07, 6.45) is 0.0835. The summed E-state index contributed by atoms with van der Waals surface area (Å²) in [5.74, 6) is -0.387. The summed E-state index contributed by atoms with van der Waals surface area (Å²) < 4.78 is 5.22. The van der Waals surface area contributed by atoms with Gasteiger partial charge in [0, 0.05) is 18.5 Å². The van der Waals surface area contributed by atoms with Gasteiger partial charge in [-0.1, -0.05) is 5.16 Å². The van der Waals surface area contributed by atoms with E-state index >= 15 is 0 Å². The minimum atomic E-state index is -0.482. The number of rotatable bonds is 7. The summed E-state index contributed by atoms with van der Waals surface area (Å²) in [6, 6.07) is 6.36. The van der Waals surface area contributed by atoms with Crippen molar-refractivity contribution in [2.24, 2.45) is 16.6 Å². The van der Waals surface area contributed by atoms with Gasteiger partial charge in [0.15, 0.2) is 12.4 Å². The van der Waals surface area contributed by atoms with Crippen molar-refractivity contribution in [1.82, 2.24) is 5.32 Å². The second-order valence-electron chi connectivity index (χ2n) is 3.86. The number of amides is 2. The van der Waals surface area contributed by atoms with Crippen LogP contribution in [0.3, 0.4) is 0 Å². The molecule has 0 aliphatic carbocycles. The first-order valence-electron chi connectivity index (χ1n) is 5.78. The minimum absolute atomic E-state index is 0.0132. The van der Waals surface area contributed by atoms with Gasteiger partial charge in [0.1, 0.15) is 5.75 Å². The standard InChI is InChI=1S/C12H16N4O4/c13-10(17)5-6-15-11(18)7-20-9-3-1-8(2-4-9)12(14)16-19/h1-4,19H,5-7H2,(H2,13,17)(H2,14,16)(H,15,18). The summed E-state index contributed by atoms with van der Waals surface area (Å²) >= 11 is 0. The largest absolute Gasteiger partial charge is 0.484 e. The number of amidine groups is 1. The molecule has 0 saturated heterocycles. The van der Waals surface area contributed by atoms with Gasteiger partial charge in [0.25, 0.3) is 5.91 Å². The number of carbonyl (C=O) groups is 2. The van der Waals surface area contributed by atoms with E-state index in [9.17, 15) is 9.59 Å². The second kappa shape index (κ2) is 7.62. The predicted molar refractivity (Wildman–Crippen MR) is 71.3 cm³/mol. The van der Waals surface area contributed by atoms with E-state index in [4.69, 9.17) is 21.4 Å². The molecule has 0 unspecified atom stereocenters. The van der Waals surface area contributed by atoms with E-state index < -0.39 is 5.91 Å². The molecule has 0 aliphatic heterocycles. The molecule has 0 radical (unpaired) electrons. The van der Waals surface area contributed by atoms with Crippen LogP contribution in [-0.4, -0.2) is 36.0 Å². The van der Waals surface area contributed by atoms with E-state index in [0.29, 0.717) is 11.3 Å². The summed E-state index contributed by atoms with van der Waals surface area (Å²) in [7, 11) is 0. The second-order valence-corrected chi connectivity index (χ2v) is 3.86. The van der Waals surface area contributed by atoms with Gasteiger partial charge in [-0.3, -0.25) is 9.59 Å². The quantitative estimate of drug-likeness (QED) is 0.223. The Morgan fingerprint density at radius 1 is 1.25 bits per heavy atom. The normalized spacial score (nSPS) is 10.9. The van der Waals surface area contributed by atoms with E-state index in [1.165, 1.54) is 0 Å². The molecule has 0 fully saturated rings. The van der Waals surface area contributed by atoms with Crippen LogP contribution in [0.15, 0.2) is 29.4 Å². The Balaban J connectivity index is 2.38. The number of nitrogens with one attached hydrogen (secondary N) is 1. The lowest BCUT2D eigenvalue weighted by molar-refractivity contribution is -0.123. The summed E-state index contributed by atoms with van der Waals surface area (Å²) in [5.41, 5.74) is 10.9. The van der Waals surface area contributed by atoms with Crippen LogP contribution in [0.4, 0.5) is 0 Å². The van der Waals surface area contributed by atoms with E-state index in [1.807, 2.05) is 0 Å². The molecule has 2 amide bonds. The molecule has 0 saturated carbocycles. The van der Waals surface area contributed by atoms with Gasteiger partial charge in [-0.25, -0.2) is 0 Å². The third-order valence-corrected chi connectivity index (χ3v) is 2.32. The Morgan fingerprint density at radius 2 is 1.90 bits per heavy atom. The van der Waals surface area contributed by atoms with Crippen LogP contribution in [-0.2, 0) is 9.59 Å². The minimum Gasteiger partial charge on any atom is -0.484 e. The molecule has 1 rings (SSSR count).